The molecule has 1 fully saturated rings. The number of rotatable bonds is 3. The van der Waals surface area contributed by atoms with Gasteiger partial charge in [-0.3, -0.25) is 0 Å². The number of aliphatic hydroxyl groups is 1. The first-order valence-electron chi connectivity index (χ1n) is 5.46. The molecular weight excluding hydrogens is 172 g/mol. The summed E-state index contributed by atoms with van der Waals surface area (Å²) in [6, 6.07) is 8.34. The normalized spacial score (nSPS) is 20.5. The van der Waals surface area contributed by atoms with Gasteiger partial charge in [-0.1, -0.05) is 31.2 Å². The molecule has 76 valence electrons. The summed E-state index contributed by atoms with van der Waals surface area (Å²) < 4.78 is 0. The summed E-state index contributed by atoms with van der Waals surface area (Å²) in [7, 11) is 0. The molecule has 0 aliphatic heterocycles. The maximum atomic E-state index is 10.3. The van der Waals surface area contributed by atoms with Crippen molar-refractivity contribution in [3.05, 3.63) is 35.4 Å². The highest BCUT2D eigenvalue weighted by molar-refractivity contribution is 5.29. The van der Waals surface area contributed by atoms with Crippen molar-refractivity contribution < 1.29 is 5.11 Å². The summed E-state index contributed by atoms with van der Waals surface area (Å²) in [5.74, 6) is 0.481. The van der Waals surface area contributed by atoms with Crippen LogP contribution in [-0.2, 0) is 12.0 Å². The third-order valence-corrected chi connectivity index (χ3v) is 3.29. The average molecular weight is 190 g/mol. The molecule has 1 aromatic rings. The van der Waals surface area contributed by atoms with Crippen molar-refractivity contribution in [1.82, 2.24) is 0 Å². The second kappa shape index (κ2) is 3.39. The van der Waals surface area contributed by atoms with Gasteiger partial charge in [0.25, 0.3) is 0 Å². The maximum Gasteiger partial charge on any atom is 0.0896 e. The van der Waals surface area contributed by atoms with Gasteiger partial charge < -0.3 is 5.11 Å². The summed E-state index contributed by atoms with van der Waals surface area (Å²) in [6.45, 7) is 4.09. The molecule has 14 heavy (non-hydrogen) atoms. The third kappa shape index (κ3) is 1.69. The van der Waals surface area contributed by atoms with Gasteiger partial charge in [-0.15, -0.1) is 0 Å². The molecule has 1 aromatic carbocycles. The minimum atomic E-state index is -0.606. The van der Waals surface area contributed by atoms with Crippen molar-refractivity contribution in [3.8, 4) is 0 Å². The Morgan fingerprint density at radius 2 is 2.14 bits per heavy atom. The molecule has 1 atom stereocenters. The van der Waals surface area contributed by atoms with E-state index in [1.54, 1.807) is 0 Å². The van der Waals surface area contributed by atoms with E-state index in [-0.39, 0.29) is 0 Å². The Balaban J connectivity index is 2.30. The van der Waals surface area contributed by atoms with Crippen molar-refractivity contribution in [2.24, 2.45) is 5.92 Å². The second-order valence-corrected chi connectivity index (χ2v) is 4.48. The van der Waals surface area contributed by atoms with Crippen molar-refractivity contribution in [3.63, 3.8) is 0 Å². The summed E-state index contributed by atoms with van der Waals surface area (Å²) in [5, 5.41) is 10.3. The predicted molar refractivity (Wildman–Crippen MR) is 58.1 cm³/mol. The van der Waals surface area contributed by atoms with Gasteiger partial charge in [0.05, 0.1) is 5.60 Å². The SMILES string of the molecule is CCc1cccc(C(C)(O)C2CC2)c1. The minimum absolute atomic E-state index is 0.481. The lowest BCUT2D eigenvalue weighted by atomic mass is 9.89. The van der Waals surface area contributed by atoms with Crippen LogP contribution < -0.4 is 0 Å². The van der Waals surface area contributed by atoms with Crippen LogP contribution in [0.15, 0.2) is 24.3 Å². The molecule has 1 nitrogen and oxygen atoms in total. The third-order valence-electron chi connectivity index (χ3n) is 3.29. The van der Waals surface area contributed by atoms with E-state index in [9.17, 15) is 5.11 Å². The Morgan fingerprint density at radius 3 is 2.71 bits per heavy atom. The molecular formula is C13H18O. The van der Waals surface area contributed by atoms with Gasteiger partial charge in [0.1, 0.15) is 0 Å². The zero-order valence-electron chi connectivity index (χ0n) is 8.96. The van der Waals surface area contributed by atoms with Crippen LogP contribution in [-0.4, -0.2) is 5.11 Å². The molecule has 0 saturated heterocycles. The first-order valence-corrected chi connectivity index (χ1v) is 5.46. The average Bonchev–Trinajstić information content (AvgIpc) is 3.01. The van der Waals surface area contributed by atoms with Gasteiger partial charge in [0.15, 0.2) is 0 Å². The number of hydrogen-bond acceptors (Lipinski definition) is 1. The Bertz CT molecular complexity index is 324. The molecule has 1 unspecified atom stereocenters. The molecule has 1 aliphatic rings. The van der Waals surface area contributed by atoms with Crippen LogP contribution in [0.3, 0.4) is 0 Å². The lowest BCUT2D eigenvalue weighted by molar-refractivity contribution is 0.0330. The maximum absolute atomic E-state index is 10.3. The molecule has 0 aromatic heterocycles. The van der Waals surface area contributed by atoms with E-state index in [4.69, 9.17) is 0 Å². The van der Waals surface area contributed by atoms with Crippen LogP contribution in [0.5, 0.6) is 0 Å². The van der Waals surface area contributed by atoms with Crippen LogP contribution in [0.4, 0.5) is 0 Å². The second-order valence-electron chi connectivity index (χ2n) is 4.48. The topological polar surface area (TPSA) is 20.2 Å². The van der Waals surface area contributed by atoms with E-state index in [0.29, 0.717) is 5.92 Å². The Morgan fingerprint density at radius 1 is 1.43 bits per heavy atom. The smallest absolute Gasteiger partial charge is 0.0896 e. The molecule has 0 spiro atoms. The fraction of sp³-hybridized carbons (Fsp3) is 0.538. The molecule has 1 aliphatic carbocycles. The number of hydrogen-bond donors (Lipinski definition) is 1. The fourth-order valence-electron chi connectivity index (χ4n) is 1.99. The lowest BCUT2D eigenvalue weighted by Gasteiger charge is -2.24. The predicted octanol–water partition coefficient (Wildman–Crippen LogP) is 2.87. The molecule has 1 saturated carbocycles. The van der Waals surface area contributed by atoms with Crippen LogP contribution in [0.1, 0.15) is 37.8 Å². The zero-order chi connectivity index (χ0) is 10.2. The monoisotopic (exact) mass is 190 g/mol. The first-order chi connectivity index (χ1) is 6.64. The van der Waals surface area contributed by atoms with E-state index >= 15 is 0 Å². The summed E-state index contributed by atoms with van der Waals surface area (Å²) >= 11 is 0. The Hall–Kier alpha value is -0.820. The fourth-order valence-corrected chi connectivity index (χ4v) is 1.99. The van der Waals surface area contributed by atoms with Gasteiger partial charge in [-0.2, -0.15) is 0 Å². The molecule has 0 amide bonds. The number of benzene rings is 1. The van der Waals surface area contributed by atoms with Crippen LogP contribution >= 0.6 is 0 Å². The largest absolute Gasteiger partial charge is 0.385 e. The van der Waals surface area contributed by atoms with Gasteiger partial charge in [-0.05, 0) is 43.2 Å². The summed E-state index contributed by atoms with van der Waals surface area (Å²) in [6.07, 6.45) is 3.38. The standard InChI is InChI=1S/C13H18O/c1-3-10-5-4-6-12(9-10)13(2,14)11-7-8-11/h4-6,9,11,14H,3,7-8H2,1-2H3. The highest BCUT2D eigenvalue weighted by Crippen LogP contribution is 2.45. The van der Waals surface area contributed by atoms with Gasteiger partial charge in [-0.25, -0.2) is 0 Å². The lowest BCUT2D eigenvalue weighted by Crippen LogP contribution is -2.23. The number of aryl methyl sites for hydroxylation is 1. The molecule has 0 bridgehead atoms. The minimum Gasteiger partial charge on any atom is -0.385 e. The molecule has 0 heterocycles. The van der Waals surface area contributed by atoms with Gasteiger partial charge in [0.2, 0.25) is 0 Å². The highest BCUT2D eigenvalue weighted by Gasteiger charge is 2.41. The first kappa shape index (κ1) is 9.72. The van der Waals surface area contributed by atoms with E-state index in [1.165, 1.54) is 18.4 Å². The molecule has 0 radical (unpaired) electrons. The molecule has 2 rings (SSSR count). The summed E-state index contributed by atoms with van der Waals surface area (Å²) in [4.78, 5) is 0. The molecule has 1 N–H and O–H groups in total. The Kier molecular flexibility index (Phi) is 2.36. The van der Waals surface area contributed by atoms with E-state index in [0.717, 1.165) is 12.0 Å². The van der Waals surface area contributed by atoms with Gasteiger partial charge >= 0.3 is 0 Å². The van der Waals surface area contributed by atoms with Crippen molar-refractivity contribution >= 4 is 0 Å². The summed E-state index contributed by atoms with van der Waals surface area (Å²) in [5.41, 5.74) is 1.79. The van der Waals surface area contributed by atoms with Crippen molar-refractivity contribution in [2.45, 2.75) is 38.7 Å². The zero-order valence-corrected chi connectivity index (χ0v) is 8.96. The Labute approximate surface area is 85.8 Å². The molecule has 1 heteroatoms. The highest BCUT2D eigenvalue weighted by atomic mass is 16.3. The van der Waals surface area contributed by atoms with Crippen LogP contribution in [0, 0.1) is 5.92 Å². The quantitative estimate of drug-likeness (QED) is 0.777. The van der Waals surface area contributed by atoms with Crippen LogP contribution in [0.2, 0.25) is 0 Å². The van der Waals surface area contributed by atoms with Crippen molar-refractivity contribution in [2.75, 3.05) is 0 Å². The van der Waals surface area contributed by atoms with E-state index < -0.39 is 5.60 Å². The van der Waals surface area contributed by atoms with Crippen LogP contribution in [0.25, 0.3) is 0 Å². The van der Waals surface area contributed by atoms with E-state index in [2.05, 4.69) is 19.1 Å². The van der Waals surface area contributed by atoms with E-state index in [1.807, 2.05) is 19.1 Å². The van der Waals surface area contributed by atoms with Gasteiger partial charge in [0, 0.05) is 0 Å². The van der Waals surface area contributed by atoms with Crippen molar-refractivity contribution in [1.29, 1.82) is 0 Å².